The summed E-state index contributed by atoms with van der Waals surface area (Å²) in [4.78, 5) is 0.422. The van der Waals surface area contributed by atoms with Crippen molar-refractivity contribution in [3.8, 4) is 0 Å². The predicted molar refractivity (Wildman–Crippen MR) is 85.0 cm³/mol. The molecule has 4 heteroatoms. The van der Waals surface area contributed by atoms with Crippen molar-refractivity contribution < 1.29 is 8.42 Å². The third kappa shape index (κ3) is 4.32. The van der Waals surface area contributed by atoms with E-state index in [1.807, 2.05) is 12.1 Å². The number of rotatable bonds is 8. The quantitative estimate of drug-likeness (QED) is 0.800. The molecule has 0 aliphatic heterocycles. The van der Waals surface area contributed by atoms with Crippen molar-refractivity contribution in [2.75, 3.05) is 12.3 Å². The molecular weight excluding hydrogens is 270 g/mol. The molecule has 0 bridgehead atoms. The maximum absolute atomic E-state index is 11.8. The molecule has 0 aromatic heterocycles. The van der Waals surface area contributed by atoms with E-state index in [2.05, 4.69) is 26.1 Å². The minimum absolute atomic E-state index is 0.150. The lowest BCUT2D eigenvalue weighted by Gasteiger charge is -2.24. The van der Waals surface area contributed by atoms with Gasteiger partial charge in [0.15, 0.2) is 9.84 Å². The first kappa shape index (κ1) is 17.2. The van der Waals surface area contributed by atoms with E-state index in [9.17, 15) is 8.42 Å². The van der Waals surface area contributed by atoms with Crippen LogP contribution in [0.2, 0.25) is 0 Å². The second-order valence-corrected chi connectivity index (χ2v) is 7.51. The van der Waals surface area contributed by atoms with Crippen LogP contribution in [0.5, 0.6) is 0 Å². The van der Waals surface area contributed by atoms with Crippen LogP contribution in [0.4, 0.5) is 0 Å². The molecule has 2 unspecified atom stereocenters. The first-order valence-electron chi connectivity index (χ1n) is 7.52. The molecule has 0 fully saturated rings. The Labute approximate surface area is 123 Å². The van der Waals surface area contributed by atoms with Gasteiger partial charge in [0.2, 0.25) is 0 Å². The van der Waals surface area contributed by atoms with Crippen LogP contribution in [-0.2, 0) is 9.84 Å². The molecule has 0 amide bonds. The molecular formula is C16H27NO2S. The Morgan fingerprint density at radius 3 is 2.15 bits per heavy atom. The average molecular weight is 297 g/mol. The van der Waals surface area contributed by atoms with Crippen LogP contribution in [0.3, 0.4) is 0 Å². The molecule has 1 aromatic rings. The van der Waals surface area contributed by atoms with Gasteiger partial charge in [0.1, 0.15) is 0 Å². The molecule has 1 rings (SSSR count). The van der Waals surface area contributed by atoms with Crippen molar-refractivity contribution in [1.82, 2.24) is 5.32 Å². The number of benzene rings is 1. The minimum atomic E-state index is -3.10. The summed E-state index contributed by atoms with van der Waals surface area (Å²) in [6.45, 7) is 9.23. The standard InChI is InChI=1S/C16H27NO2S/c1-5-12-17-16(6-2)13(4)14-8-10-15(11-9-14)20(18,19)7-3/h8-11,13,16-17H,5-7,12H2,1-4H3. The van der Waals surface area contributed by atoms with E-state index in [0.717, 1.165) is 19.4 Å². The smallest absolute Gasteiger partial charge is 0.178 e. The molecule has 0 saturated carbocycles. The fourth-order valence-corrected chi connectivity index (χ4v) is 3.27. The number of nitrogens with one attached hydrogen (secondary N) is 1. The second kappa shape index (κ2) is 7.79. The summed E-state index contributed by atoms with van der Waals surface area (Å²) < 4.78 is 23.6. The van der Waals surface area contributed by atoms with Crippen LogP contribution in [0.15, 0.2) is 29.2 Å². The van der Waals surface area contributed by atoms with Crippen molar-refractivity contribution >= 4 is 9.84 Å². The van der Waals surface area contributed by atoms with Crippen LogP contribution in [0.1, 0.15) is 52.0 Å². The maximum atomic E-state index is 11.8. The molecule has 20 heavy (non-hydrogen) atoms. The largest absolute Gasteiger partial charge is 0.313 e. The van der Waals surface area contributed by atoms with Crippen molar-refractivity contribution in [2.45, 2.75) is 57.4 Å². The summed E-state index contributed by atoms with van der Waals surface area (Å²) in [5, 5.41) is 3.56. The maximum Gasteiger partial charge on any atom is 0.178 e. The molecule has 3 nitrogen and oxygen atoms in total. The lowest BCUT2D eigenvalue weighted by molar-refractivity contribution is 0.438. The molecule has 0 aliphatic carbocycles. The van der Waals surface area contributed by atoms with E-state index in [-0.39, 0.29) is 5.75 Å². The lowest BCUT2D eigenvalue weighted by Crippen LogP contribution is -2.33. The lowest BCUT2D eigenvalue weighted by atomic mass is 9.91. The van der Waals surface area contributed by atoms with Gasteiger partial charge in [-0.05, 0) is 43.0 Å². The highest BCUT2D eigenvalue weighted by Gasteiger charge is 2.17. The number of hydrogen-bond donors (Lipinski definition) is 1. The zero-order chi connectivity index (χ0) is 15.2. The van der Waals surface area contributed by atoms with Crippen molar-refractivity contribution in [3.63, 3.8) is 0 Å². The normalized spacial score (nSPS) is 15.0. The van der Waals surface area contributed by atoms with Gasteiger partial charge in [-0.3, -0.25) is 0 Å². The first-order chi connectivity index (χ1) is 9.46. The summed E-state index contributed by atoms with van der Waals surface area (Å²) in [6, 6.07) is 7.80. The molecule has 114 valence electrons. The minimum Gasteiger partial charge on any atom is -0.313 e. The van der Waals surface area contributed by atoms with E-state index in [0.29, 0.717) is 16.9 Å². The SMILES string of the molecule is CCCNC(CC)C(C)c1ccc(S(=O)(=O)CC)cc1. The average Bonchev–Trinajstić information content (AvgIpc) is 2.48. The summed E-state index contributed by atoms with van der Waals surface area (Å²) in [6.07, 6.45) is 2.19. The van der Waals surface area contributed by atoms with Gasteiger partial charge in [-0.1, -0.05) is 39.8 Å². The third-order valence-corrected chi connectivity index (χ3v) is 5.60. The molecule has 0 saturated heterocycles. The predicted octanol–water partition coefficient (Wildman–Crippen LogP) is 3.36. The Bertz CT molecular complexity index is 494. The van der Waals surface area contributed by atoms with Crippen molar-refractivity contribution in [3.05, 3.63) is 29.8 Å². The molecule has 0 radical (unpaired) electrons. The third-order valence-electron chi connectivity index (χ3n) is 3.84. The van der Waals surface area contributed by atoms with Gasteiger partial charge in [0.25, 0.3) is 0 Å². The summed E-state index contributed by atoms with van der Waals surface area (Å²) in [7, 11) is -3.10. The van der Waals surface area contributed by atoms with Gasteiger partial charge < -0.3 is 5.32 Å². The van der Waals surface area contributed by atoms with Crippen LogP contribution in [0, 0.1) is 0 Å². The Kier molecular flexibility index (Phi) is 6.69. The van der Waals surface area contributed by atoms with Gasteiger partial charge in [-0.25, -0.2) is 8.42 Å². The Morgan fingerprint density at radius 1 is 1.10 bits per heavy atom. The Morgan fingerprint density at radius 2 is 1.70 bits per heavy atom. The summed E-state index contributed by atoms with van der Waals surface area (Å²) >= 11 is 0. The van der Waals surface area contributed by atoms with Gasteiger partial charge in [0, 0.05) is 6.04 Å². The summed E-state index contributed by atoms with van der Waals surface area (Å²) in [5.74, 6) is 0.530. The van der Waals surface area contributed by atoms with Gasteiger partial charge in [-0.15, -0.1) is 0 Å². The highest BCUT2D eigenvalue weighted by atomic mass is 32.2. The molecule has 1 aromatic carbocycles. The van der Waals surface area contributed by atoms with E-state index < -0.39 is 9.84 Å². The molecule has 0 aliphatic rings. The van der Waals surface area contributed by atoms with Crippen LogP contribution in [-0.4, -0.2) is 26.8 Å². The Balaban J connectivity index is 2.86. The zero-order valence-corrected chi connectivity index (χ0v) is 13.8. The van der Waals surface area contributed by atoms with Crippen LogP contribution < -0.4 is 5.32 Å². The van der Waals surface area contributed by atoms with Gasteiger partial charge >= 0.3 is 0 Å². The summed E-state index contributed by atoms with van der Waals surface area (Å²) in [5.41, 5.74) is 1.19. The van der Waals surface area contributed by atoms with Crippen LogP contribution in [0.25, 0.3) is 0 Å². The van der Waals surface area contributed by atoms with Gasteiger partial charge in [0.05, 0.1) is 10.6 Å². The Hall–Kier alpha value is -0.870. The first-order valence-corrected chi connectivity index (χ1v) is 9.17. The monoisotopic (exact) mass is 297 g/mol. The van der Waals surface area contributed by atoms with Gasteiger partial charge in [-0.2, -0.15) is 0 Å². The number of sulfone groups is 1. The fourth-order valence-electron chi connectivity index (χ4n) is 2.38. The van der Waals surface area contributed by atoms with Crippen molar-refractivity contribution in [1.29, 1.82) is 0 Å². The topological polar surface area (TPSA) is 46.2 Å². The highest BCUT2D eigenvalue weighted by Crippen LogP contribution is 2.23. The van der Waals surface area contributed by atoms with Crippen molar-refractivity contribution in [2.24, 2.45) is 0 Å². The second-order valence-electron chi connectivity index (χ2n) is 5.23. The number of hydrogen-bond acceptors (Lipinski definition) is 3. The van der Waals surface area contributed by atoms with E-state index >= 15 is 0 Å². The van der Waals surface area contributed by atoms with E-state index in [1.54, 1.807) is 19.1 Å². The fraction of sp³-hybridized carbons (Fsp3) is 0.625. The highest BCUT2D eigenvalue weighted by molar-refractivity contribution is 7.91. The van der Waals surface area contributed by atoms with E-state index in [4.69, 9.17) is 0 Å². The zero-order valence-electron chi connectivity index (χ0n) is 13.0. The van der Waals surface area contributed by atoms with Crippen LogP contribution >= 0.6 is 0 Å². The molecule has 0 heterocycles. The van der Waals surface area contributed by atoms with E-state index in [1.165, 1.54) is 5.56 Å². The molecule has 1 N–H and O–H groups in total. The molecule has 2 atom stereocenters. The molecule has 0 spiro atoms.